The van der Waals surface area contributed by atoms with Crippen molar-refractivity contribution in [2.24, 2.45) is 0 Å². The normalized spacial score (nSPS) is 10.7. The molecule has 2 aromatic heterocycles. The molecule has 2 rings (SSSR count). The second-order valence-electron chi connectivity index (χ2n) is 4.39. The van der Waals surface area contributed by atoms with Crippen LogP contribution in [-0.4, -0.2) is 16.5 Å². The lowest BCUT2D eigenvalue weighted by Gasteiger charge is -2.05. The standard InChI is InChI=1S/C14H19N3OS/c1-4-6-15-13-8-12(5-7-16-13)9-19-14-17-10(2)11(3)18-14/h5,7-8H,4,6,9H2,1-3H3,(H,15,16). The van der Waals surface area contributed by atoms with E-state index in [4.69, 9.17) is 4.42 Å². The molecule has 0 aliphatic heterocycles. The summed E-state index contributed by atoms with van der Waals surface area (Å²) in [5.41, 5.74) is 2.18. The second-order valence-corrected chi connectivity index (χ2v) is 5.31. The van der Waals surface area contributed by atoms with Crippen LogP contribution in [0, 0.1) is 13.8 Å². The largest absolute Gasteiger partial charge is 0.437 e. The minimum absolute atomic E-state index is 0.731. The minimum Gasteiger partial charge on any atom is -0.437 e. The van der Waals surface area contributed by atoms with E-state index in [1.807, 2.05) is 26.1 Å². The van der Waals surface area contributed by atoms with Crippen LogP contribution >= 0.6 is 11.8 Å². The molecule has 0 spiro atoms. The summed E-state index contributed by atoms with van der Waals surface area (Å²) in [6, 6.07) is 4.10. The van der Waals surface area contributed by atoms with Gasteiger partial charge in [0.1, 0.15) is 11.6 Å². The Bertz CT molecular complexity index is 520. The SMILES string of the molecule is CCCNc1cc(CSc2nc(C)c(C)o2)ccn1. The van der Waals surface area contributed by atoms with Crippen molar-refractivity contribution in [2.75, 3.05) is 11.9 Å². The predicted octanol–water partition coefficient (Wildman–Crippen LogP) is 3.80. The molecular weight excluding hydrogens is 258 g/mol. The smallest absolute Gasteiger partial charge is 0.256 e. The lowest BCUT2D eigenvalue weighted by molar-refractivity contribution is 0.431. The van der Waals surface area contributed by atoms with Gasteiger partial charge in [-0.3, -0.25) is 0 Å². The van der Waals surface area contributed by atoms with Crippen molar-refractivity contribution < 1.29 is 4.42 Å². The van der Waals surface area contributed by atoms with Crippen LogP contribution in [-0.2, 0) is 5.75 Å². The van der Waals surface area contributed by atoms with Crippen LogP contribution in [0.4, 0.5) is 5.82 Å². The van der Waals surface area contributed by atoms with Gasteiger partial charge in [0.15, 0.2) is 0 Å². The van der Waals surface area contributed by atoms with Gasteiger partial charge in [0.25, 0.3) is 5.22 Å². The number of nitrogens with zero attached hydrogens (tertiary/aromatic N) is 2. The molecule has 19 heavy (non-hydrogen) atoms. The van der Waals surface area contributed by atoms with Crippen LogP contribution in [0.5, 0.6) is 0 Å². The third-order valence-corrected chi connectivity index (χ3v) is 3.65. The van der Waals surface area contributed by atoms with Crippen molar-refractivity contribution in [3.8, 4) is 0 Å². The molecule has 2 aromatic rings. The van der Waals surface area contributed by atoms with E-state index in [1.54, 1.807) is 11.8 Å². The number of aromatic nitrogens is 2. The molecule has 0 fully saturated rings. The molecule has 4 nitrogen and oxygen atoms in total. The first kappa shape index (κ1) is 13.9. The Morgan fingerprint density at radius 1 is 1.37 bits per heavy atom. The fraction of sp³-hybridized carbons (Fsp3) is 0.429. The molecule has 5 heteroatoms. The van der Waals surface area contributed by atoms with Crippen LogP contribution in [0.1, 0.15) is 30.4 Å². The van der Waals surface area contributed by atoms with Crippen molar-refractivity contribution in [3.05, 3.63) is 35.3 Å². The number of nitrogens with one attached hydrogen (secondary N) is 1. The first-order chi connectivity index (χ1) is 9.19. The van der Waals surface area contributed by atoms with Gasteiger partial charge in [-0.2, -0.15) is 0 Å². The highest BCUT2D eigenvalue weighted by Gasteiger charge is 2.06. The van der Waals surface area contributed by atoms with E-state index < -0.39 is 0 Å². The van der Waals surface area contributed by atoms with Crippen molar-refractivity contribution in [1.29, 1.82) is 0 Å². The van der Waals surface area contributed by atoms with Crippen molar-refractivity contribution in [3.63, 3.8) is 0 Å². The molecule has 0 aliphatic carbocycles. The van der Waals surface area contributed by atoms with E-state index in [0.717, 1.165) is 41.2 Å². The van der Waals surface area contributed by atoms with Gasteiger partial charge in [0, 0.05) is 18.5 Å². The molecule has 0 aromatic carbocycles. The minimum atomic E-state index is 0.731. The molecular formula is C14H19N3OS. The lowest BCUT2D eigenvalue weighted by atomic mass is 10.3. The Balaban J connectivity index is 1.95. The number of hydrogen-bond donors (Lipinski definition) is 1. The number of hydrogen-bond acceptors (Lipinski definition) is 5. The Hall–Kier alpha value is -1.49. The van der Waals surface area contributed by atoms with Gasteiger partial charge >= 0.3 is 0 Å². The van der Waals surface area contributed by atoms with Gasteiger partial charge in [0.2, 0.25) is 0 Å². The number of anilines is 1. The van der Waals surface area contributed by atoms with E-state index in [9.17, 15) is 0 Å². The molecule has 0 radical (unpaired) electrons. The maximum absolute atomic E-state index is 5.55. The number of pyridine rings is 1. The molecule has 1 N–H and O–H groups in total. The highest BCUT2D eigenvalue weighted by atomic mass is 32.2. The maximum atomic E-state index is 5.55. The molecule has 2 heterocycles. The maximum Gasteiger partial charge on any atom is 0.256 e. The zero-order valence-electron chi connectivity index (χ0n) is 11.6. The third-order valence-electron chi connectivity index (χ3n) is 2.75. The van der Waals surface area contributed by atoms with Gasteiger partial charge in [-0.1, -0.05) is 18.7 Å². The van der Waals surface area contributed by atoms with Crippen LogP contribution in [0.3, 0.4) is 0 Å². The van der Waals surface area contributed by atoms with Crippen LogP contribution in [0.15, 0.2) is 28.0 Å². The Morgan fingerprint density at radius 2 is 2.21 bits per heavy atom. The van der Waals surface area contributed by atoms with Crippen molar-refractivity contribution in [2.45, 2.75) is 38.2 Å². The summed E-state index contributed by atoms with van der Waals surface area (Å²) < 4.78 is 5.55. The fourth-order valence-electron chi connectivity index (χ4n) is 1.56. The molecule has 0 saturated carbocycles. The molecule has 102 valence electrons. The first-order valence-corrected chi connectivity index (χ1v) is 7.43. The molecule has 0 aliphatic rings. The number of rotatable bonds is 6. The molecule has 0 bridgehead atoms. The molecule has 0 saturated heterocycles. The van der Waals surface area contributed by atoms with Crippen LogP contribution in [0.25, 0.3) is 0 Å². The second kappa shape index (κ2) is 6.61. The topological polar surface area (TPSA) is 51.0 Å². The summed E-state index contributed by atoms with van der Waals surface area (Å²) in [4.78, 5) is 8.65. The summed E-state index contributed by atoms with van der Waals surface area (Å²) in [7, 11) is 0. The van der Waals surface area contributed by atoms with Gasteiger partial charge in [-0.15, -0.1) is 0 Å². The summed E-state index contributed by atoms with van der Waals surface area (Å²) in [6.07, 6.45) is 2.93. The van der Waals surface area contributed by atoms with Crippen molar-refractivity contribution >= 4 is 17.6 Å². The number of aryl methyl sites for hydroxylation is 2. The first-order valence-electron chi connectivity index (χ1n) is 6.44. The lowest BCUT2D eigenvalue weighted by Crippen LogP contribution is -2.01. The highest BCUT2D eigenvalue weighted by Crippen LogP contribution is 2.24. The van der Waals surface area contributed by atoms with E-state index >= 15 is 0 Å². The average molecular weight is 277 g/mol. The number of oxazole rings is 1. The summed E-state index contributed by atoms with van der Waals surface area (Å²) in [5, 5.41) is 4.02. The quantitative estimate of drug-likeness (QED) is 0.814. The Kier molecular flexibility index (Phi) is 4.85. The third kappa shape index (κ3) is 3.99. The average Bonchev–Trinajstić information content (AvgIpc) is 2.74. The zero-order chi connectivity index (χ0) is 13.7. The van der Waals surface area contributed by atoms with Gasteiger partial charge in [0.05, 0.1) is 5.69 Å². The van der Waals surface area contributed by atoms with E-state index in [2.05, 4.69) is 28.3 Å². The Morgan fingerprint density at radius 3 is 2.89 bits per heavy atom. The van der Waals surface area contributed by atoms with Crippen LogP contribution in [0.2, 0.25) is 0 Å². The van der Waals surface area contributed by atoms with Crippen LogP contribution < -0.4 is 5.32 Å². The zero-order valence-corrected chi connectivity index (χ0v) is 12.4. The molecule has 0 atom stereocenters. The van der Waals surface area contributed by atoms with Crippen molar-refractivity contribution in [1.82, 2.24) is 9.97 Å². The molecule has 0 amide bonds. The van der Waals surface area contributed by atoms with Gasteiger partial charge < -0.3 is 9.73 Å². The van der Waals surface area contributed by atoms with Gasteiger partial charge in [-0.05, 0) is 38.0 Å². The summed E-state index contributed by atoms with van der Waals surface area (Å²) in [6.45, 7) is 6.98. The highest BCUT2D eigenvalue weighted by molar-refractivity contribution is 7.98. The predicted molar refractivity (Wildman–Crippen MR) is 78.6 cm³/mol. The van der Waals surface area contributed by atoms with E-state index in [1.165, 1.54) is 5.56 Å². The monoisotopic (exact) mass is 277 g/mol. The fourth-order valence-corrected chi connectivity index (χ4v) is 2.42. The Labute approximate surface area is 118 Å². The van der Waals surface area contributed by atoms with E-state index in [-0.39, 0.29) is 0 Å². The summed E-state index contributed by atoms with van der Waals surface area (Å²) in [5.74, 6) is 2.66. The number of thioether (sulfide) groups is 1. The van der Waals surface area contributed by atoms with E-state index in [0.29, 0.717) is 0 Å². The summed E-state index contributed by atoms with van der Waals surface area (Å²) >= 11 is 1.61. The van der Waals surface area contributed by atoms with Gasteiger partial charge in [-0.25, -0.2) is 9.97 Å². The molecule has 0 unspecified atom stereocenters.